The normalized spacial score (nSPS) is 19.4. The van der Waals surface area contributed by atoms with Crippen molar-refractivity contribution < 1.29 is 22.7 Å². The van der Waals surface area contributed by atoms with Crippen molar-refractivity contribution in [3.63, 3.8) is 0 Å². The van der Waals surface area contributed by atoms with Gasteiger partial charge in [-0.25, -0.2) is 0 Å². The van der Waals surface area contributed by atoms with Gasteiger partial charge in [-0.2, -0.15) is 13.2 Å². The number of hydrogen-bond acceptors (Lipinski definition) is 4. The SMILES string of the molecule is O=C(c1cccc2nccnc12)N1CCO[C@@H](C(F)(F)F)C1. The van der Waals surface area contributed by atoms with Crippen molar-refractivity contribution in [1.82, 2.24) is 14.9 Å². The van der Waals surface area contributed by atoms with E-state index in [0.717, 1.165) is 4.90 Å². The Bertz CT molecular complexity index is 700. The van der Waals surface area contributed by atoms with E-state index >= 15 is 0 Å². The highest BCUT2D eigenvalue weighted by Gasteiger charge is 2.44. The van der Waals surface area contributed by atoms with Gasteiger partial charge in [-0.05, 0) is 12.1 Å². The molecule has 0 unspecified atom stereocenters. The van der Waals surface area contributed by atoms with Gasteiger partial charge in [-0.15, -0.1) is 0 Å². The molecule has 8 heteroatoms. The molecule has 0 spiro atoms. The molecule has 0 bridgehead atoms. The van der Waals surface area contributed by atoms with E-state index in [9.17, 15) is 18.0 Å². The Labute approximate surface area is 123 Å². The van der Waals surface area contributed by atoms with E-state index in [1.54, 1.807) is 12.1 Å². The van der Waals surface area contributed by atoms with E-state index in [2.05, 4.69) is 9.97 Å². The van der Waals surface area contributed by atoms with Crippen LogP contribution >= 0.6 is 0 Å². The van der Waals surface area contributed by atoms with Crippen LogP contribution in [-0.2, 0) is 4.74 Å². The van der Waals surface area contributed by atoms with Crippen LogP contribution in [0, 0.1) is 0 Å². The molecule has 1 aromatic heterocycles. The van der Waals surface area contributed by atoms with Gasteiger partial charge in [-0.3, -0.25) is 14.8 Å². The molecule has 5 nitrogen and oxygen atoms in total. The van der Waals surface area contributed by atoms with Crippen molar-refractivity contribution in [2.75, 3.05) is 19.7 Å². The Morgan fingerprint density at radius 3 is 2.82 bits per heavy atom. The summed E-state index contributed by atoms with van der Waals surface area (Å²) < 4.78 is 42.9. The van der Waals surface area contributed by atoms with Crippen LogP contribution < -0.4 is 0 Å². The molecule has 2 aromatic rings. The maximum absolute atomic E-state index is 12.7. The maximum Gasteiger partial charge on any atom is 0.416 e. The van der Waals surface area contributed by atoms with E-state index in [-0.39, 0.29) is 18.7 Å². The van der Waals surface area contributed by atoms with Crippen molar-refractivity contribution in [3.05, 3.63) is 36.2 Å². The third-order valence-corrected chi connectivity index (χ3v) is 3.45. The number of hydrogen-bond donors (Lipinski definition) is 0. The lowest BCUT2D eigenvalue weighted by Crippen LogP contribution is -2.51. The van der Waals surface area contributed by atoms with Gasteiger partial charge in [0.1, 0.15) is 5.52 Å². The van der Waals surface area contributed by atoms with Gasteiger partial charge in [0.15, 0.2) is 6.10 Å². The Morgan fingerprint density at radius 1 is 1.27 bits per heavy atom. The second kappa shape index (κ2) is 5.53. The van der Waals surface area contributed by atoms with Crippen LogP contribution in [0.1, 0.15) is 10.4 Å². The van der Waals surface area contributed by atoms with Crippen LogP contribution in [0.2, 0.25) is 0 Å². The number of ether oxygens (including phenoxy) is 1. The first-order valence-electron chi connectivity index (χ1n) is 6.64. The molecule has 1 fully saturated rings. The lowest BCUT2D eigenvalue weighted by molar-refractivity contribution is -0.233. The van der Waals surface area contributed by atoms with Gasteiger partial charge < -0.3 is 9.64 Å². The number of amides is 1. The average Bonchev–Trinajstić information content (AvgIpc) is 2.53. The third kappa shape index (κ3) is 2.74. The minimum absolute atomic E-state index is 0.113. The number of para-hydroxylation sites is 1. The number of fused-ring (bicyclic) bond motifs is 1. The molecule has 1 amide bonds. The van der Waals surface area contributed by atoms with Gasteiger partial charge in [-0.1, -0.05) is 6.07 Å². The summed E-state index contributed by atoms with van der Waals surface area (Å²) in [6.07, 6.45) is -3.51. The van der Waals surface area contributed by atoms with Crippen molar-refractivity contribution >= 4 is 16.9 Å². The number of carbonyl (C=O) groups is 1. The second-order valence-corrected chi connectivity index (χ2v) is 4.88. The molecule has 1 aliphatic rings. The van der Waals surface area contributed by atoms with Crippen LogP contribution in [0.5, 0.6) is 0 Å². The quantitative estimate of drug-likeness (QED) is 0.809. The molecule has 0 radical (unpaired) electrons. The van der Waals surface area contributed by atoms with E-state index in [1.807, 2.05) is 0 Å². The average molecular weight is 311 g/mol. The molecular weight excluding hydrogens is 299 g/mol. The van der Waals surface area contributed by atoms with Crippen LogP contribution in [0.15, 0.2) is 30.6 Å². The van der Waals surface area contributed by atoms with Gasteiger partial charge >= 0.3 is 6.18 Å². The maximum atomic E-state index is 12.7. The molecule has 1 aliphatic heterocycles. The molecular formula is C14H12F3N3O2. The first kappa shape index (κ1) is 14.7. The van der Waals surface area contributed by atoms with Crippen molar-refractivity contribution in [2.45, 2.75) is 12.3 Å². The molecule has 22 heavy (non-hydrogen) atoms. The van der Waals surface area contributed by atoms with E-state index in [4.69, 9.17) is 4.74 Å². The molecule has 0 saturated carbocycles. The van der Waals surface area contributed by atoms with Gasteiger partial charge in [0.25, 0.3) is 5.91 Å². The fourth-order valence-corrected chi connectivity index (χ4v) is 2.37. The number of morpholine rings is 1. The molecule has 1 saturated heterocycles. The summed E-state index contributed by atoms with van der Waals surface area (Å²) in [6, 6.07) is 4.86. The van der Waals surface area contributed by atoms with Crippen molar-refractivity contribution in [2.24, 2.45) is 0 Å². The van der Waals surface area contributed by atoms with Crippen LogP contribution in [0.3, 0.4) is 0 Å². The molecule has 116 valence electrons. The summed E-state index contributed by atoms with van der Waals surface area (Å²) in [5.41, 5.74) is 1.15. The standard InChI is InChI=1S/C14H12F3N3O2/c15-14(16,17)11-8-20(6-7-22-11)13(21)9-2-1-3-10-12(9)19-5-4-18-10/h1-5,11H,6-8H2/t11-/m1/s1. The van der Waals surface area contributed by atoms with E-state index in [0.29, 0.717) is 11.0 Å². The van der Waals surface area contributed by atoms with Gasteiger partial charge in [0, 0.05) is 18.9 Å². The third-order valence-electron chi connectivity index (χ3n) is 3.45. The Morgan fingerprint density at radius 2 is 2.05 bits per heavy atom. The molecule has 2 heterocycles. The van der Waals surface area contributed by atoms with Crippen LogP contribution in [0.4, 0.5) is 13.2 Å². The first-order chi connectivity index (χ1) is 10.5. The summed E-state index contributed by atoms with van der Waals surface area (Å²) in [4.78, 5) is 21.9. The zero-order chi connectivity index (χ0) is 15.7. The Hall–Kier alpha value is -2.22. The molecule has 3 rings (SSSR count). The van der Waals surface area contributed by atoms with E-state index in [1.165, 1.54) is 18.5 Å². The topological polar surface area (TPSA) is 55.3 Å². The number of nitrogens with zero attached hydrogens (tertiary/aromatic N) is 3. The van der Waals surface area contributed by atoms with Gasteiger partial charge in [0.05, 0.1) is 24.2 Å². The highest BCUT2D eigenvalue weighted by molar-refractivity contribution is 6.04. The number of carbonyl (C=O) groups excluding carboxylic acids is 1. The predicted octanol–water partition coefficient (Wildman–Crippen LogP) is 2.03. The molecule has 0 N–H and O–H groups in total. The minimum Gasteiger partial charge on any atom is -0.365 e. The highest BCUT2D eigenvalue weighted by atomic mass is 19.4. The summed E-state index contributed by atoms with van der Waals surface area (Å²) in [5.74, 6) is -0.497. The van der Waals surface area contributed by atoms with Gasteiger partial charge in [0.2, 0.25) is 0 Å². The zero-order valence-corrected chi connectivity index (χ0v) is 11.4. The first-order valence-corrected chi connectivity index (χ1v) is 6.64. The zero-order valence-electron chi connectivity index (χ0n) is 11.4. The monoisotopic (exact) mass is 311 g/mol. The van der Waals surface area contributed by atoms with Crippen molar-refractivity contribution in [3.8, 4) is 0 Å². The summed E-state index contributed by atoms with van der Waals surface area (Å²) in [6.45, 7) is -0.548. The summed E-state index contributed by atoms with van der Waals surface area (Å²) >= 11 is 0. The number of benzene rings is 1. The number of alkyl halides is 3. The molecule has 1 atom stereocenters. The lowest BCUT2D eigenvalue weighted by atomic mass is 10.1. The Kier molecular flexibility index (Phi) is 3.69. The molecule has 1 aromatic carbocycles. The number of aromatic nitrogens is 2. The lowest BCUT2D eigenvalue weighted by Gasteiger charge is -2.33. The Balaban J connectivity index is 1.90. The minimum atomic E-state index is -4.49. The van der Waals surface area contributed by atoms with E-state index < -0.39 is 24.7 Å². The largest absolute Gasteiger partial charge is 0.416 e. The smallest absolute Gasteiger partial charge is 0.365 e. The highest BCUT2D eigenvalue weighted by Crippen LogP contribution is 2.27. The van der Waals surface area contributed by atoms with Crippen molar-refractivity contribution in [1.29, 1.82) is 0 Å². The fourth-order valence-electron chi connectivity index (χ4n) is 2.37. The van der Waals surface area contributed by atoms with Crippen LogP contribution in [0.25, 0.3) is 11.0 Å². The fraction of sp³-hybridized carbons (Fsp3) is 0.357. The van der Waals surface area contributed by atoms with Crippen LogP contribution in [-0.4, -0.2) is 52.8 Å². The predicted molar refractivity (Wildman–Crippen MR) is 71.2 cm³/mol. The summed E-state index contributed by atoms with van der Waals surface area (Å²) in [7, 11) is 0. The number of halogens is 3. The molecule has 0 aliphatic carbocycles. The number of rotatable bonds is 1. The second-order valence-electron chi connectivity index (χ2n) is 4.88. The summed E-state index contributed by atoms with van der Waals surface area (Å²) in [5, 5.41) is 0.